The molecule has 0 heterocycles. The van der Waals surface area contributed by atoms with Gasteiger partial charge in [-0.25, -0.2) is 13.6 Å². The van der Waals surface area contributed by atoms with Crippen LogP contribution in [0, 0.1) is 11.8 Å². The molecule has 0 saturated heterocycles. The summed E-state index contributed by atoms with van der Waals surface area (Å²) < 4.78 is 32.1. The number of alkyl halides is 2. The molecule has 0 aromatic heterocycles. The van der Waals surface area contributed by atoms with Gasteiger partial charge in [0.15, 0.2) is 0 Å². The van der Waals surface area contributed by atoms with Crippen molar-refractivity contribution in [2.45, 2.75) is 52.2 Å². The van der Waals surface area contributed by atoms with E-state index in [1.807, 2.05) is 33.0 Å². The van der Waals surface area contributed by atoms with Crippen LogP contribution in [0.4, 0.5) is 13.6 Å². The Morgan fingerprint density at radius 3 is 2.30 bits per heavy atom. The largest absolute Gasteiger partial charge is 0.449 e. The normalized spacial score (nSPS) is 15.3. The molecule has 4 N–H and O–H groups in total. The van der Waals surface area contributed by atoms with Crippen LogP contribution < -0.4 is 11.1 Å². The molecule has 0 bridgehead atoms. The Morgan fingerprint density at radius 2 is 1.85 bits per heavy atom. The van der Waals surface area contributed by atoms with Crippen molar-refractivity contribution >= 4 is 6.09 Å². The van der Waals surface area contributed by atoms with E-state index in [1.165, 1.54) is 0 Å². The predicted octanol–water partition coefficient (Wildman–Crippen LogP) is 1.74. The Labute approximate surface area is 118 Å². The quantitative estimate of drug-likeness (QED) is 0.637. The highest BCUT2D eigenvalue weighted by Crippen LogP contribution is 2.22. The average Bonchev–Trinajstić information content (AvgIpc) is 2.32. The minimum absolute atomic E-state index is 0.0967. The van der Waals surface area contributed by atoms with E-state index in [-0.39, 0.29) is 24.9 Å². The van der Waals surface area contributed by atoms with Crippen molar-refractivity contribution in [3.63, 3.8) is 0 Å². The zero-order valence-electron chi connectivity index (χ0n) is 12.5. The molecule has 0 aliphatic rings. The molecule has 0 fully saturated rings. The van der Waals surface area contributed by atoms with Gasteiger partial charge in [0.2, 0.25) is 0 Å². The Kier molecular flexibility index (Phi) is 7.96. The van der Waals surface area contributed by atoms with Crippen LogP contribution in [0.5, 0.6) is 0 Å². The van der Waals surface area contributed by atoms with Crippen LogP contribution in [0.15, 0.2) is 0 Å². The summed E-state index contributed by atoms with van der Waals surface area (Å²) in [7, 11) is 0. The number of amides is 1. The van der Waals surface area contributed by atoms with Gasteiger partial charge in [-0.15, -0.1) is 0 Å². The number of hydrogen-bond donors (Lipinski definition) is 3. The molecule has 0 rings (SSSR count). The van der Waals surface area contributed by atoms with E-state index in [4.69, 9.17) is 10.5 Å². The summed E-state index contributed by atoms with van der Waals surface area (Å²) in [4.78, 5) is 11.2. The molecular formula is C13H26F2N2O3. The third-order valence-electron chi connectivity index (χ3n) is 2.60. The molecule has 1 amide bonds. The first kappa shape index (κ1) is 19.1. The molecule has 0 saturated carbocycles. The number of carbonyl (C=O) groups is 1. The van der Waals surface area contributed by atoms with E-state index in [1.54, 1.807) is 0 Å². The third kappa shape index (κ3) is 7.59. The summed E-state index contributed by atoms with van der Waals surface area (Å²) in [5, 5.41) is 11.5. The maximum atomic E-state index is 13.7. The molecule has 7 heteroatoms. The minimum atomic E-state index is -3.49. The molecule has 5 nitrogen and oxygen atoms in total. The molecular weight excluding hydrogens is 270 g/mol. The molecule has 0 aliphatic heterocycles. The van der Waals surface area contributed by atoms with Crippen LogP contribution in [0.3, 0.4) is 0 Å². The summed E-state index contributed by atoms with van der Waals surface area (Å²) >= 11 is 0. The van der Waals surface area contributed by atoms with Crippen molar-refractivity contribution in [1.29, 1.82) is 0 Å². The Balaban J connectivity index is 4.25. The second-order valence-electron chi connectivity index (χ2n) is 5.85. The van der Waals surface area contributed by atoms with Crippen LogP contribution in [0.1, 0.15) is 34.1 Å². The number of alkyl carbamates (subject to hydrolysis) is 1. The van der Waals surface area contributed by atoms with Crippen LogP contribution in [-0.4, -0.2) is 42.4 Å². The number of ether oxygens (including phenoxy) is 1. The van der Waals surface area contributed by atoms with Crippen molar-refractivity contribution in [2.24, 2.45) is 17.6 Å². The minimum Gasteiger partial charge on any atom is -0.449 e. The highest BCUT2D eigenvalue weighted by molar-refractivity contribution is 5.67. The number of rotatable bonds is 8. The zero-order chi connectivity index (χ0) is 15.9. The molecule has 0 aromatic rings. The summed E-state index contributed by atoms with van der Waals surface area (Å²) in [6, 6.07) is -1.04. The van der Waals surface area contributed by atoms with E-state index in [9.17, 15) is 18.7 Å². The molecule has 0 radical (unpaired) electrons. The number of aliphatic hydroxyl groups excluding tert-OH is 1. The van der Waals surface area contributed by atoms with Crippen LogP contribution >= 0.6 is 0 Å². The lowest BCUT2D eigenvalue weighted by Crippen LogP contribution is -2.53. The predicted molar refractivity (Wildman–Crippen MR) is 72.6 cm³/mol. The summed E-state index contributed by atoms with van der Waals surface area (Å²) in [6.45, 7) is 6.45. The van der Waals surface area contributed by atoms with Crippen LogP contribution in [0.25, 0.3) is 0 Å². The van der Waals surface area contributed by atoms with Crippen molar-refractivity contribution in [2.75, 3.05) is 13.2 Å². The fourth-order valence-corrected chi connectivity index (χ4v) is 1.57. The standard InChI is InChI=1S/C13H26F2N2O3/c1-8(2)5-10(16)11(18)13(14,15)7-17-12(19)20-6-9(3)4/h8-11,18H,5-7,16H2,1-4H3,(H,17,19). The van der Waals surface area contributed by atoms with Crippen molar-refractivity contribution in [3.05, 3.63) is 0 Å². The molecule has 0 aromatic carbocycles. The first-order valence-corrected chi connectivity index (χ1v) is 6.78. The monoisotopic (exact) mass is 296 g/mol. The number of hydrogen-bond acceptors (Lipinski definition) is 4. The Bertz CT molecular complexity index is 299. The van der Waals surface area contributed by atoms with Gasteiger partial charge in [-0.2, -0.15) is 0 Å². The number of aliphatic hydroxyl groups is 1. The molecule has 2 atom stereocenters. The number of carbonyl (C=O) groups excluding carboxylic acids is 1. The fraction of sp³-hybridized carbons (Fsp3) is 0.923. The van der Waals surface area contributed by atoms with Crippen LogP contribution in [-0.2, 0) is 4.74 Å². The lowest BCUT2D eigenvalue weighted by atomic mass is 9.96. The Hall–Kier alpha value is -0.950. The molecule has 20 heavy (non-hydrogen) atoms. The number of halogens is 2. The molecule has 0 aliphatic carbocycles. The third-order valence-corrected chi connectivity index (χ3v) is 2.60. The van der Waals surface area contributed by atoms with E-state index < -0.39 is 30.7 Å². The van der Waals surface area contributed by atoms with Gasteiger partial charge >= 0.3 is 6.09 Å². The van der Waals surface area contributed by atoms with Crippen molar-refractivity contribution in [1.82, 2.24) is 5.32 Å². The molecule has 2 unspecified atom stereocenters. The Morgan fingerprint density at radius 1 is 1.30 bits per heavy atom. The van der Waals surface area contributed by atoms with Gasteiger partial charge in [0.05, 0.1) is 13.2 Å². The second-order valence-corrected chi connectivity index (χ2v) is 5.85. The molecule has 120 valence electrons. The molecule has 0 spiro atoms. The summed E-state index contributed by atoms with van der Waals surface area (Å²) in [6.07, 6.45) is -2.66. The summed E-state index contributed by atoms with van der Waals surface area (Å²) in [5.41, 5.74) is 5.54. The second kappa shape index (κ2) is 8.36. The van der Waals surface area contributed by atoms with E-state index in [0.29, 0.717) is 0 Å². The summed E-state index contributed by atoms with van der Waals surface area (Å²) in [5.74, 6) is -3.28. The van der Waals surface area contributed by atoms with E-state index in [0.717, 1.165) is 0 Å². The number of nitrogens with one attached hydrogen (secondary N) is 1. The van der Waals surface area contributed by atoms with Crippen molar-refractivity contribution in [3.8, 4) is 0 Å². The van der Waals surface area contributed by atoms with Gasteiger partial charge < -0.3 is 20.9 Å². The highest BCUT2D eigenvalue weighted by Gasteiger charge is 2.42. The average molecular weight is 296 g/mol. The lowest BCUT2D eigenvalue weighted by Gasteiger charge is -2.28. The lowest BCUT2D eigenvalue weighted by molar-refractivity contribution is -0.115. The van der Waals surface area contributed by atoms with Crippen LogP contribution in [0.2, 0.25) is 0 Å². The van der Waals surface area contributed by atoms with Gasteiger partial charge in [-0.1, -0.05) is 27.7 Å². The van der Waals surface area contributed by atoms with Gasteiger partial charge in [0.25, 0.3) is 5.92 Å². The first-order chi connectivity index (χ1) is 9.06. The highest BCUT2D eigenvalue weighted by atomic mass is 19.3. The fourth-order valence-electron chi connectivity index (χ4n) is 1.57. The topological polar surface area (TPSA) is 84.6 Å². The van der Waals surface area contributed by atoms with Gasteiger partial charge in [0.1, 0.15) is 6.10 Å². The maximum absolute atomic E-state index is 13.7. The van der Waals surface area contributed by atoms with Gasteiger partial charge in [0, 0.05) is 6.04 Å². The zero-order valence-corrected chi connectivity index (χ0v) is 12.5. The number of nitrogens with two attached hydrogens (primary N) is 1. The van der Waals surface area contributed by atoms with E-state index >= 15 is 0 Å². The van der Waals surface area contributed by atoms with E-state index in [2.05, 4.69) is 0 Å². The van der Waals surface area contributed by atoms with Gasteiger partial charge in [-0.3, -0.25) is 0 Å². The maximum Gasteiger partial charge on any atom is 0.407 e. The van der Waals surface area contributed by atoms with Crippen molar-refractivity contribution < 1.29 is 23.4 Å². The van der Waals surface area contributed by atoms with Gasteiger partial charge in [-0.05, 0) is 18.3 Å². The smallest absolute Gasteiger partial charge is 0.407 e. The first-order valence-electron chi connectivity index (χ1n) is 6.78. The SMILES string of the molecule is CC(C)COC(=O)NCC(F)(F)C(O)C(N)CC(C)C.